The average molecular weight is 306 g/mol. The van der Waals surface area contributed by atoms with Crippen LogP contribution in [0.4, 0.5) is 10.1 Å². The van der Waals surface area contributed by atoms with Crippen molar-refractivity contribution in [3.8, 4) is 0 Å². The first-order valence-electron chi connectivity index (χ1n) is 5.83. The summed E-state index contributed by atoms with van der Waals surface area (Å²) in [5, 5.41) is 1.16. The molecule has 1 aromatic heterocycles. The van der Waals surface area contributed by atoms with E-state index in [9.17, 15) is 9.18 Å². The molecule has 100 valence electrons. The van der Waals surface area contributed by atoms with Crippen LogP contribution in [0, 0.1) is 5.82 Å². The highest BCUT2D eigenvalue weighted by molar-refractivity contribution is 7.21. The van der Waals surface area contributed by atoms with Gasteiger partial charge in [-0.2, -0.15) is 0 Å². The summed E-state index contributed by atoms with van der Waals surface area (Å²) in [4.78, 5) is 12.9. The fourth-order valence-electron chi connectivity index (χ4n) is 1.97. The van der Waals surface area contributed by atoms with E-state index in [1.165, 1.54) is 23.5 Å². The first-order chi connectivity index (χ1) is 9.54. The lowest BCUT2D eigenvalue weighted by molar-refractivity contribution is 0.104. The minimum atomic E-state index is -0.316. The van der Waals surface area contributed by atoms with Gasteiger partial charge in [0.05, 0.1) is 9.90 Å². The van der Waals surface area contributed by atoms with E-state index < -0.39 is 0 Å². The maximum Gasteiger partial charge on any atom is 0.204 e. The predicted octanol–water partition coefficient (Wildman–Crippen LogP) is 4.51. The van der Waals surface area contributed by atoms with Crippen LogP contribution in [0.3, 0.4) is 0 Å². The van der Waals surface area contributed by atoms with Gasteiger partial charge >= 0.3 is 0 Å². The molecule has 0 aliphatic rings. The number of nitrogens with two attached hydrogens (primary N) is 1. The highest BCUT2D eigenvalue weighted by atomic mass is 35.5. The average Bonchev–Trinajstić information content (AvgIpc) is 2.81. The number of halogens is 2. The molecule has 0 aliphatic carbocycles. The second kappa shape index (κ2) is 4.89. The maximum atomic E-state index is 13.2. The zero-order valence-electron chi connectivity index (χ0n) is 10.2. The summed E-state index contributed by atoms with van der Waals surface area (Å²) < 4.78 is 13.9. The van der Waals surface area contributed by atoms with Crippen LogP contribution in [0.15, 0.2) is 42.5 Å². The second-order valence-electron chi connectivity index (χ2n) is 4.36. The Bertz CT molecular complexity index is 828. The van der Waals surface area contributed by atoms with Crippen LogP contribution in [0.2, 0.25) is 5.02 Å². The normalized spacial score (nSPS) is 10.9. The highest BCUT2D eigenvalue weighted by Gasteiger charge is 2.16. The fourth-order valence-corrected chi connectivity index (χ4v) is 3.28. The fraction of sp³-hybridized carbons (Fsp3) is 0. The van der Waals surface area contributed by atoms with Crippen molar-refractivity contribution >= 4 is 44.5 Å². The number of carbonyl (C=O) groups excluding carboxylic acids is 1. The molecule has 3 rings (SSSR count). The van der Waals surface area contributed by atoms with Crippen molar-refractivity contribution in [3.05, 3.63) is 63.7 Å². The molecular weight excluding hydrogens is 297 g/mol. The van der Waals surface area contributed by atoms with E-state index in [4.69, 9.17) is 17.3 Å². The molecule has 2 aromatic carbocycles. The van der Waals surface area contributed by atoms with Crippen LogP contribution in [0.1, 0.15) is 15.2 Å². The van der Waals surface area contributed by atoms with Gasteiger partial charge in [0.1, 0.15) is 5.82 Å². The lowest BCUT2D eigenvalue weighted by Crippen LogP contribution is -2.00. The van der Waals surface area contributed by atoms with Crippen molar-refractivity contribution in [2.75, 3.05) is 5.73 Å². The molecule has 0 amide bonds. The van der Waals surface area contributed by atoms with Crippen LogP contribution in [-0.4, -0.2) is 5.78 Å². The summed E-state index contributed by atoms with van der Waals surface area (Å²) in [6.45, 7) is 0. The monoisotopic (exact) mass is 305 g/mol. The highest BCUT2D eigenvalue weighted by Crippen LogP contribution is 2.30. The molecule has 5 heteroatoms. The van der Waals surface area contributed by atoms with Crippen LogP contribution < -0.4 is 5.73 Å². The number of hydrogen-bond donors (Lipinski definition) is 1. The van der Waals surface area contributed by atoms with Gasteiger partial charge in [-0.1, -0.05) is 17.7 Å². The molecule has 2 N–H and O–H groups in total. The molecule has 0 saturated carbocycles. The van der Waals surface area contributed by atoms with E-state index in [-0.39, 0.29) is 11.6 Å². The second-order valence-corrected chi connectivity index (χ2v) is 5.85. The van der Waals surface area contributed by atoms with Gasteiger partial charge in [-0.25, -0.2) is 4.39 Å². The van der Waals surface area contributed by atoms with Gasteiger partial charge in [-0.15, -0.1) is 11.3 Å². The zero-order valence-corrected chi connectivity index (χ0v) is 11.8. The number of ketones is 1. The Morgan fingerprint density at radius 2 is 1.95 bits per heavy atom. The van der Waals surface area contributed by atoms with Crippen molar-refractivity contribution in [2.24, 2.45) is 0 Å². The number of benzene rings is 2. The Hall–Kier alpha value is -1.91. The van der Waals surface area contributed by atoms with E-state index >= 15 is 0 Å². The van der Waals surface area contributed by atoms with Gasteiger partial charge in [0.25, 0.3) is 0 Å². The van der Waals surface area contributed by atoms with Gasteiger partial charge < -0.3 is 5.73 Å². The Morgan fingerprint density at radius 3 is 2.70 bits per heavy atom. The van der Waals surface area contributed by atoms with Gasteiger partial charge in [-0.05, 0) is 41.8 Å². The summed E-state index contributed by atoms with van der Waals surface area (Å²) in [6, 6.07) is 11.0. The smallest absolute Gasteiger partial charge is 0.204 e. The molecule has 0 saturated heterocycles. The molecule has 20 heavy (non-hydrogen) atoms. The first kappa shape index (κ1) is 13.1. The molecule has 0 bridgehead atoms. The number of carbonyl (C=O) groups is 1. The van der Waals surface area contributed by atoms with Crippen molar-refractivity contribution < 1.29 is 9.18 Å². The first-order valence-corrected chi connectivity index (χ1v) is 7.03. The maximum absolute atomic E-state index is 13.2. The molecule has 1 heterocycles. The summed E-state index contributed by atoms with van der Waals surface area (Å²) in [6.07, 6.45) is 0. The van der Waals surface area contributed by atoms with E-state index in [1.54, 1.807) is 30.3 Å². The molecule has 0 spiro atoms. The topological polar surface area (TPSA) is 43.1 Å². The third-order valence-corrected chi connectivity index (χ3v) is 4.35. The van der Waals surface area contributed by atoms with Gasteiger partial charge in [-0.3, -0.25) is 4.79 Å². The summed E-state index contributed by atoms with van der Waals surface area (Å²) in [7, 11) is 0. The number of anilines is 1. The van der Waals surface area contributed by atoms with Crippen molar-refractivity contribution in [3.63, 3.8) is 0 Å². The number of thiophene rings is 1. The van der Waals surface area contributed by atoms with Crippen LogP contribution in [-0.2, 0) is 0 Å². The molecule has 0 unspecified atom stereocenters. The Labute approximate surface area is 123 Å². The van der Waals surface area contributed by atoms with E-state index in [0.29, 0.717) is 21.2 Å². The standard InChI is InChI=1S/C15H9ClFNOS/c16-12-7-10(18)3-4-11(12)15(19)14-5-8-1-2-9(17)6-13(8)20-14/h1-7H,18H2. The van der Waals surface area contributed by atoms with Gasteiger partial charge in [0.15, 0.2) is 0 Å². The molecule has 2 nitrogen and oxygen atoms in total. The molecule has 3 aromatic rings. The van der Waals surface area contributed by atoms with E-state index in [0.717, 1.165) is 10.1 Å². The molecule has 0 fully saturated rings. The van der Waals surface area contributed by atoms with Crippen molar-refractivity contribution in [1.82, 2.24) is 0 Å². The summed E-state index contributed by atoms with van der Waals surface area (Å²) >= 11 is 7.29. The van der Waals surface area contributed by atoms with Crippen molar-refractivity contribution in [2.45, 2.75) is 0 Å². The largest absolute Gasteiger partial charge is 0.399 e. The van der Waals surface area contributed by atoms with Gasteiger partial charge in [0.2, 0.25) is 5.78 Å². The lowest BCUT2D eigenvalue weighted by atomic mass is 10.1. The summed E-state index contributed by atoms with van der Waals surface area (Å²) in [5.74, 6) is -0.500. The van der Waals surface area contributed by atoms with Gasteiger partial charge in [0, 0.05) is 16.0 Å². The number of hydrogen-bond acceptors (Lipinski definition) is 3. The minimum absolute atomic E-state index is 0.184. The number of nitrogen functional groups attached to an aromatic ring is 1. The van der Waals surface area contributed by atoms with Crippen LogP contribution in [0.5, 0.6) is 0 Å². The molecular formula is C15H9ClFNOS. The van der Waals surface area contributed by atoms with E-state index in [2.05, 4.69) is 0 Å². The SMILES string of the molecule is Nc1ccc(C(=O)c2cc3ccc(F)cc3s2)c(Cl)c1. The number of rotatable bonds is 2. The zero-order chi connectivity index (χ0) is 14.3. The Balaban J connectivity index is 2.08. The minimum Gasteiger partial charge on any atom is -0.399 e. The third kappa shape index (κ3) is 2.28. The van der Waals surface area contributed by atoms with E-state index in [1.807, 2.05) is 0 Å². The third-order valence-electron chi connectivity index (χ3n) is 2.94. The van der Waals surface area contributed by atoms with Crippen molar-refractivity contribution in [1.29, 1.82) is 0 Å². The molecule has 0 atom stereocenters. The molecule has 0 radical (unpaired) electrons. The quantitative estimate of drug-likeness (QED) is 0.559. The van der Waals surface area contributed by atoms with Crippen LogP contribution in [0.25, 0.3) is 10.1 Å². The summed E-state index contributed by atoms with van der Waals surface area (Å²) in [5.41, 5.74) is 6.51. The molecule has 0 aliphatic heterocycles. The predicted molar refractivity (Wildman–Crippen MR) is 81.1 cm³/mol. The number of fused-ring (bicyclic) bond motifs is 1. The lowest BCUT2D eigenvalue weighted by Gasteiger charge is -2.02. The Morgan fingerprint density at radius 1 is 1.15 bits per heavy atom. The Kier molecular flexibility index (Phi) is 3.20. The van der Waals surface area contributed by atoms with Crippen LogP contribution >= 0.6 is 22.9 Å².